The Hall–Kier alpha value is -1.22. The van der Waals surface area contributed by atoms with E-state index in [0.29, 0.717) is 22.0 Å². The summed E-state index contributed by atoms with van der Waals surface area (Å²) in [6.45, 7) is 0. The summed E-state index contributed by atoms with van der Waals surface area (Å²) in [5, 5.41) is 7.99. The van der Waals surface area contributed by atoms with E-state index in [1.165, 1.54) is 11.6 Å². The Morgan fingerprint density at radius 3 is 2.89 bits per heavy atom. The van der Waals surface area contributed by atoms with Crippen LogP contribution >= 0.6 is 15.9 Å². The first-order chi connectivity index (χ1) is 9.15. The predicted molar refractivity (Wildman–Crippen MR) is 79.1 cm³/mol. The molecular weight excluding hydrogens is 305 g/mol. The van der Waals surface area contributed by atoms with Crippen LogP contribution in [0.3, 0.4) is 0 Å². The molecule has 3 heteroatoms. The summed E-state index contributed by atoms with van der Waals surface area (Å²) in [4.78, 5) is 0. The maximum atomic E-state index is 13.4. The monoisotopic (exact) mass is 319 g/mol. The quantitative estimate of drug-likeness (QED) is 0.754. The SMILES string of the molecule is N=C1C=C2C=CCCC2C(c2ccc(F)c(Br)c2)C1. The highest BCUT2D eigenvalue weighted by molar-refractivity contribution is 9.10. The first-order valence-corrected chi connectivity index (χ1v) is 7.35. The van der Waals surface area contributed by atoms with Crippen molar-refractivity contribution in [2.24, 2.45) is 5.92 Å². The second-order valence-electron chi connectivity index (χ2n) is 5.24. The molecule has 0 aromatic heterocycles. The molecule has 98 valence electrons. The summed E-state index contributed by atoms with van der Waals surface area (Å²) in [5.74, 6) is 0.541. The fourth-order valence-electron chi connectivity index (χ4n) is 3.11. The lowest BCUT2D eigenvalue weighted by Gasteiger charge is -2.34. The van der Waals surface area contributed by atoms with Crippen LogP contribution in [-0.4, -0.2) is 5.71 Å². The number of hydrogen-bond acceptors (Lipinski definition) is 1. The molecule has 0 spiro atoms. The Labute approximate surface area is 120 Å². The van der Waals surface area contributed by atoms with Gasteiger partial charge in [-0.2, -0.15) is 0 Å². The summed E-state index contributed by atoms with van der Waals surface area (Å²) in [5.41, 5.74) is 3.06. The summed E-state index contributed by atoms with van der Waals surface area (Å²) in [6.07, 6.45) is 9.28. The molecule has 0 saturated carbocycles. The van der Waals surface area contributed by atoms with Crippen molar-refractivity contribution in [3.05, 3.63) is 57.9 Å². The Morgan fingerprint density at radius 1 is 1.26 bits per heavy atom. The third-order valence-corrected chi connectivity index (χ3v) is 4.63. The smallest absolute Gasteiger partial charge is 0.137 e. The van der Waals surface area contributed by atoms with Gasteiger partial charge in [-0.3, -0.25) is 0 Å². The highest BCUT2D eigenvalue weighted by Crippen LogP contribution is 2.42. The van der Waals surface area contributed by atoms with E-state index in [4.69, 9.17) is 5.41 Å². The summed E-state index contributed by atoms with van der Waals surface area (Å²) in [7, 11) is 0. The van der Waals surface area contributed by atoms with Crippen LogP contribution in [0.4, 0.5) is 4.39 Å². The number of nitrogens with one attached hydrogen (secondary N) is 1. The maximum absolute atomic E-state index is 13.4. The standard InChI is InChI=1S/C16H15BrFN/c17-15-8-11(5-6-16(15)18)14-9-12(19)7-10-3-1-2-4-13(10)14/h1,3,5-8,13-14,19H,2,4,9H2. The van der Waals surface area contributed by atoms with Crippen molar-refractivity contribution in [1.82, 2.24) is 0 Å². The lowest BCUT2D eigenvalue weighted by molar-refractivity contribution is 0.454. The Morgan fingerprint density at radius 2 is 2.11 bits per heavy atom. The van der Waals surface area contributed by atoms with Crippen LogP contribution in [0.25, 0.3) is 0 Å². The lowest BCUT2D eigenvalue weighted by atomic mass is 9.70. The average Bonchev–Trinajstić information content (AvgIpc) is 2.41. The van der Waals surface area contributed by atoms with Crippen LogP contribution in [-0.2, 0) is 0 Å². The van der Waals surface area contributed by atoms with Gasteiger partial charge in [0.25, 0.3) is 0 Å². The van der Waals surface area contributed by atoms with Crippen molar-refractivity contribution in [3.63, 3.8) is 0 Å². The first kappa shape index (κ1) is 12.8. The predicted octanol–water partition coefficient (Wildman–Crippen LogP) is 4.99. The zero-order valence-corrected chi connectivity index (χ0v) is 12.1. The van der Waals surface area contributed by atoms with Crippen molar-refractivity contribution in [3.8, 4) is 0 Å². The fourth-order valence-corrected chi connectivity index (χ4v) is 3.50. The first-order valence-electron chi connectivity index (χ1n) is 6.55. The van der Waals surface area contributed by atoms with Crippen LogP contribution < -0.4 is 0 Å². The molecule has 1 nitrogen and oxygen atoms in total. The van der Waals surface area contributed by atoms with Gasteiger partial charge in [-0.1, -0.05) is 18.2 Å². The van der Waals surface area contributed by atoms with Gasteiger partial charge >= 0.3 is 0 Å². The minimum absolute atomic E-state index is 0.228. The second-order valence-corrected chi connectivity index (χ2v) is 6.09. The van der Waals surface area contributed by atoms with E-state index in [0.717, 1.165) is 24.8 Å². The molecule has 2 aliphatic rings. The molecule has 0 bridgehead atoms. The molecule has 1 N–H and O–H groups in total. The third-order valence-electron chi connectivity index (χ3n) is 4.02. The van der Waals surface area contributed by atoms with Crippen LogP contribution in [0.5, 0.6) is 0 Å². The molecule has 19 heavy (non-hydrogen) atoms. The second kappa shape index (κ2) is 5.04. The van der Waals surface area contributed by atoms with Crippen LogP contribution in [0.2, 0.25) is 0 Å². The minimum Gasteiger partial charge on any atom is -0.305 e. The van der Waals surface area contributed by atoms with Crippen molar-refractivity contribution in [2.75, 3.05) is 0 Å². The maximum Gasteiger partial charge on any atom is 0.137 e. The summed E-state index contributed by atoms with van der Waals surface area (Å²) < 4.78 is 13.9. The van der Waals surface area contributed by atoms with Gasteiger partial charge in [-0.15, -0.1) is 0 Å². The van der Waals surface area contributed by atoms with E-state index < -0.39 is 0 Å². The zero-order chi connectivity index (χ0) is 13.4. The molecule has 1 aromatic carbocycles. The summed E-state index contributed by atoms with van der Waals surface area (Å²) >= 11 is 3.26. The Balaban J connectivity index is 2.00. The largest absolute Gasteiger partial charge is 0.305 e. The molecule has 2 aliphatic carbocycles. The van der Waals surface area contributed by atoms with Gasteiger partial charge in [0.05, 0.1) is 4.47 Å². The molecule has 2 unspecified atom stereocenters. The molecule has 0 heterocycles. The van der Waals surface area contributed by atoms with Gasteiger partial charge in [0.15, 0.2) is 0 Å². The number of hydrogen-bond donors (Lipinski definition) is 1. The highest BCUT2D eigenvalue weighted by Gasteiger charge is 2.31. The molecule has 1 aromatic rings. The van der Waals surface area contributed by atoms with Gasteiger partial charge in [0, 0.05) is 5.71 Å². The molecule has 0 aliphatic heterocycles. The third kappa shape index (κ3) is 2.44. The topological polar surface area (TPSA) is 23.9 Å². The van der Waals surface area contributed by atoms with Crippen LogP contribution in [0, 0.1) is 17.1 Å². The van der Waals surface area contributed by atoms with E-state index in [9.17, 15) is 4.39 Å². The van der Waals surface area contributed by atoms with E-state index in [1.807, 2.05) is 18.2 Å². The van der Waals surface area contributed by atoms with Gasteiger partial charge in [-0.25, -0.2) is 4.39 Å². The van der Waals surface area contributed by atoms with E-state index in [2.05, 4.69) is 28.1 Å². The highest BCUT2D eigenvalue weighted by atomic mass is 79.9. The minimum atomic E-state index is -0.228. The van der Waals surface area contributed by atoms with Gasteiger partial charge < -0.3 is 5.41 Å². The Kier molecular flexibility index (Phi) is 3.40. The van der Waals surface area contributed by atoms with Gasteiger partial charge in [0.2, 0.25) is 0 Å². The molecule has 0 saturated heterocycles. The van der Waals surface area contributed by atoms with E-state index in [1.54, 1.807) is 0 Å². The van der Waals surface area contributed by atoms with Crippen LogP contribution in [0.15, 0.2) is 46.5 Å². The number of rotatable bonds is 1. The lowest BCUT2D eigenvalue weighted by Crippen LogP contribution is -2.24. The Bertz CT molecular complexity index is 588. The molecule has 0 fully saturated rings. The number of benzene rings is 1. The molecule has 0 radical (unpaired) electrons. The van der Waals surface area contributed by atoms with Crippen molar-refractivity contribution in [1.29, 1.82) is 5.41 Å². The molecular formula is C16H15BrFN. The normalized spacial score (nSPS) is 26.0. The van der Waals surface area contributed by atoms with E-state index >= 15 is 0 Å². The van der Waals surface area contributed by atoms with E-state index in [-0.39, 0.29) is 5.82 Å². The zero-order valence-electron chi connectivity index (χ0n) is 10.5. The summed E-state index contributed by atoms with van der Waals surface area (Å²) in [6, 6.07) is 5.24. The number of allylic oxidation sites excluding steroid dienone is 4. The fraction of sp³-hybridized carbons (Fsp3) is 0.312. The molecule has 3 rings (SSSR count). The van der Waals surface area contributed by atoms with Crippen molar-refractivity contribution >= 4 is 21.6 Å². The number of halogens is 2. The van der Waals surface area contributed by atoms with Gasteiger partial charge in [0.1, 0.15) is 5.82 Å². The van der Waals surface area contributed by atoms with Gasteiger partial charge in [-0.05, 0) is 76.4 Å². The molecule has 0 amide bonds. The van der Waals surface area contributed by atoms with Crippen molar-refractivity contribution < 1.29 is 4.39 Å². The average molecular weight is 320 g/mol. The van der Waals surface area contributed by atoms with Crippen LogP contribution in [0.1, 0.15) is 30.7 Å². The number of fused-ring (bicyclic) bond motifs is 1. The molecule has 2 atom stereocenters. The van der Waals surface area contributed by atoms with Crippen molar-refractivity contribution in [2.45, 2.75) is 25.2 Å².